The van der Waals surface area contributed by atoms with Crippen LogP contribution < -0.4 is 11.1 Å². The third-order valence-electron chi connectivity index (χ3n) is 2.36. The van der Waals surface area contributed by atoms with Gasteiger partial charge in [-0.05, 0) is 19.8 Å². The molecular formula is C11H20N4O. The van der Waals surface area contributed by atoms with Crippen molar-refractivity contribution in [1.82, 2.24) is 9.97 Å². The lowest BCUT2D eigenvalue weighted by Crippen LogP contribution is -2.18. The molecule has 0 aromatic carbocycles. The summed E-state index contributed by atoms with van der Waals surface area (Å²) in [5.74, 6) is 2.47. The number of nitrogen functional groups attached to an aromatic ring is 1. The molecule has 0 aliphatic carbocycles. The summed E-state index contributed by atoms with van der Waals surface area (Å²) in [6.07, 6.45) is 0. The van der Waals surface area contributed by atoms with Gasteiger partial charge in [0.2, 0.25) is 0 Å². The Morgan fingerprint density at radius 1 is 1.38 bits per heavy atom. The number of nitrogens with zero attached hydrogens (tertiary/aromatic N) is 2. The van der Waals surface area contributed by atoms with Gasteiger partial charge < -0.3 is 15.8 Å². The minimum Gasteiger partial charge on any atom is -0.384 e. The molecule has 1 aromatic rings. The largest absolute Gasteiger partial charge is 0.384 e. The van der Waals surface area contributed by atoms with E-state index in [1.54, 1.807) is 7.11 Å². The van der Waals surface area contributed by atoms with Crippen molar-refractivity contribution < 1.29 is 4.74 Å². The van der Waals surface area contributed by atoms with Crippen LogP contribution in [-0.4, -0.2) is 30.2 Å². The standard InChI is InChI=1S/C11H20N4O/c1-7(6-16-4)5-13-11-8(2)10(12)14-9(3)15-11/h7H,5-6H2,1-4H3,(H3,12,13,14,15). The maximum atomic E-state index is 5.77. The summed E-state index contributed by atoms with van der Waals surface area (Å²) in [5.41, 5.74) is 6.67. The van der Waals surface area contributed by atoms with Crippen LogP contribution in [0.5, 0.6) is 0 Å². The average molecular weight is 224 g/mol. The lowest BCUT2D eigenvalue weighted by atomic mass is 10.2. The molecule has 1 atom stereocenters. The Morgan fingerprint density at radius 3 is 2.69 bits per heavy atom. The van der Waals surface area contributed by atoms with Gasteiger partial charge >= 0.3 is 0 Å². The van der Waals surface area contributed by atoms with Crippen molar-refractivity contribution in [3.8, 4) is 0 Å². The molecule has 0 radical (unpaired) electrons. The Labute approximate surface area is 96.4 Å². The number of aryl methyl sites for hydroxylation is 1. The van der Waals surface area contributed by atoms with Gasteiger partial charge in [-0.25, -0.2) is 9.97 Å². The quantitative estimate of drug-likeness (QED) is 0.790. The number of anilines is 2. The zero-order valence-electron chi connectivity index (χ0n) is 10.4. The highest BCUT2D eigenvalue weighted by Crippen LogP contribution is 2.17. The molecule has 5 heteroatoms. The van der Waals surface area contributed by atoms with Crippen molar-refractivity contribution in [1.29, 1.82) is 0 Å². The molecule has 0 amide bonds. The topological polar surface area (TPSA) is 73.1 Å². The molecular weight excluding hydrogens is 204 g/mol. The molecule has 5 nitrogen and oxygen atoms in total. The molecule has 1 aromatic heterocycles. The molecule has 0 aliphatic rings. The maximum Gasteiger partial charge on any atom is 0.134 e. The lowest BCUT2D eigenvalue weighted by Gasteiger charge is -2.14. The molecule has 1 unspecified atom stereocenters. The SMILES string of the molecule is COCC(C)CNc1nc(C)nc(N)c1C. The molecule has 90 valence electrons. The van der Waals surface area contributed by atoms with Crippen molar-refractivity contribution >= 4 is 11.6 Å². The number of hydrogen-bond acceptors (Lipinski definition) is 5. The van der Waals surface area contributed by atoms with Crippen LogP contribution in [-0.2, 0) is 4.74 Å². The van der Waals surface area contributed by atoms with Crippen molar-refractivity contribution in [3.05, 3.63) is 11.4 Å². The van der Waals surface area contributed by atoms with Crippen LogP contribution in [0.25, 0.3) is 0 Å². The average Bonchev–Trinajstić information content (AvgIpc) is 2.21. The Balaban J connectivity index is 2.66. The van der Waals surface area contributed by atoms with Crippen LogP contribution in [0, 0.1) is 19.8 Å². The summed E-state index contributed by atoms with van der Waals surface area (Å²) in [5, 5.41) is 3.27. The number of ether oxygens (including phenoxy) is 1. The number of rotatable bonds is 5. The van der Waals surface area contributed by atoms with Crippen molar-refractivity contribution in [3.63, 3.8) is 0 Å². The van der Waals surface area contributed by atoms with Gasteiger partial charge in [-0.2, -0.15) is 0 Å². The van der Waals surface area contributed by atoms with Gasteiger partial charge in [0, 0.05) is 19.2 Å². The van der Waals surface area contributed by atoms with Crippen LogP contribution >= 0.6 is 0 Å². The first-order valence-electron chi connectivity index (χ1n) is 5.38. The number of methoxy groups -OCH3 is 1. The second-order valence-corrected chi connectivity index (χ2v) is 4.07. The number of nitrogens with one attached hydrogen (secondary N) is 1. The predicted octanol–water partition coefficient (Wildman–Crippen LogP) is 1.37. The molecule has 3 N–H and O–H groups in total. The second kappa shape index (κ2) is 5.65. The molecule has 1 rings (SSSR count). The van der Waals surface area contributed by atoms with Crippen LogP contribution in [0.2, 0.25) is 0 Å². The van der Waals surface area contributed by atoms with Crippen LogP contribution in [0.15, 0.2) is 0 Å². The molecule has 0 aliphatic heterocycles. The van der Waals surface area contributed by atoms with E-state index in [0.717, 1.165) is 24.5 Å². The molecule has 0 spiro atoms. The van der Waals surface area contributed by atoms with Gasteiger partial charge in [0.1, 0.15) is 17.5 Å². The Hall–Kier alpha value is -1.36. The van der Waals surface area contributed by atoms with Crippen molar-refractivity contribution in [2.75, 3.05) is 31.3 Å². The third kappa shape index (κ3) is 3.34. The van der Waals surface area contributed by atoms with E-state index in [9.17, 15) is 0 Å². The zero-order valence-corrected chi connectivity index (χ0v) is 10.4. The molecule has 1 heterocycles. The summed E-state index contributed by atoms with van der Waals surface area (Å²) in [6.45, 7) is 7.40. The lowest BCUT2D eigenvalue weighted by molar-refractivity contribution is 0.164. The van der Waals surface area contributed by atoms with Crippen LogP contribution in [0.3, 0.4) is 0 Å². The first-order valence-corrected chi connectivity index (χ1v) is 5.38. The van der Waals surface area contributed by atoms with Crippen LogP contribution in [0.1, 0.15) is 18.3 Å². The fraction of sp³-hybridized carbons (Fsp3) is 0.636. The summed E-state index contributed by atoms with van der Waals surface area (Å²) < 4.78 is 5.07. The van der Waals surface area contributed by atoms with Crippen molar-refractivity contribution in [2.24, 2.45) is 5.92 Å². The highest BCUT2D eigenvalue weighted by molar-refractivity contribution is 5.54. The summed E-state index contributed by atoms with van der Waals surface area (Å²) in [7, 11) is 1.70. The number of hydrogen-bond donors (Lipinski definition) is 2. The molecule has 0 saturated carbocycles. The van der Waals surface area contributed by atoms with Gasteiger partial charge in [0.05, 0.1) is 6.61 Å². The monoisotopic (exact) mass is 224 g/mol. The molecule has 0 bridgehead atoms. The number of aromatic nitrogens is 2. The summed E-state index contributed by atoms with van der Waals surface area (Å²) in [6, 6.07) is 0. The molecule has 0 saturated heterocycles. The fourth-order valence-corrected chi connectivity index (χ4v) is 1.44. The third-order valence-corrected chi connectivity index (χ3v) is 2.36. The van der Waals surface area contributed by atoms with E-state index in [2.05, 4.69) is 22.2 Å². The highest BCUT2D eigenvalue weighted by Gasteiger charge is 2.07. The Bertz CT molecular complexity index is 354. The van der Waals surface area contributed by atoms with E-state index in [-0.39, 0.29) is 0 Å². The van der Waals surface area contributed by atoms with Gasteiger partial charge in [-0.3, -0.25) is 0 Å². The minimum atomic E-state index is 0.431. The number of nitrogens with two attached hydrogens (primary N) is 1. The van der Waals surface area contributed by atoms with Gasteiger partial charge in [0.25, 0.3) is 0 Å². The molecule has 16 heavy (non-hydrogen) atoms. The fourth-order valence-electron chi connectivity index (χ4n) is 1.44. The summed E-state index contributed by atoms with van der Waals surface area (Å²) >= 11 is 0. The van der Waals surface area contributed by atoms with E-state index < -0.39 is 0 Å². The van der Waals surface area contributed by atoms with E-state index in [0.29, 0.717) is 17.6 Å². The van der Waals surface area contributed by atoms with Gasteiger partial charge in [0.15, 0.2) is 0 Å². The second-order valence-electron chi connectivity index (χ2n) is 4.07. The summed E-state index contributed by atoms with van der Waals surface area (Å²) in [4.78, 5) is 8.42. The normalized spacial score (nSPS) is 12.5. The first-order chi connectivity index (χ1) is 7.54. The predicted molar refractivity (Wildman–Crippen MR) is 65.4 cm³/mol. The van der Waals surface area contributed by atoms with E-state index >= 15 is 0 Å². The minimum absolute atomic E-state index is 0.431. The van der Waals surface area contributed by atoms with E-state index in [1.165, 1.54) is 0 Å². The maximum absolute atomic E-state index is 5.77. The first kappa shape index (κ1) is 12.7. The van der Waals surface area contributed by atoms with Gasteiger partial charge in [-0.15, -0.1) is 0 Å². The Kier molecular flexibility index (Phi) is 4.49. The molecule has 0 fully saturated rings. The smallest absolute Gasteiger partial charge is 0.134 e. The van der Waals surface area contributed by atoms with Crippen LogP contribution in [0.4, 0.5) is 11.6 Å². The van der Waals surface area contributed by atoms with Gasteiger partial charge in [-0.1, -0.05) is 6.92 Å². The van der Waals surface area contributed by atoms with E-state index in [4.69, 9.17) is 10.5 Å². The zero-order chi connectivity index (χ0) is 12.1. The Morgan fingerprint density at radius 2 is 2.06 bits per heavy atom. The van der Waals surface area contributed by atoms with E-state index in [1.807, 2.05) is 13.8 Å². The highest BCUT2D eigenvalue weighted by atomic mass is 16.5. The van der Waals surface area contributed by atoms with Crippen molar-refractivity contribution in [2.45, 2.75) is 20.8 Å².